The van der Waals surface area contributed by atoms with Gasteiger partial charge in [-0.25, -0.2) is 10.2 Å². The second-order valence-corrected chi connectivity index (χ2v) is 7.48. The van der Waals surface area contributed by atoms with Crippen LogP contribution >= 0.6 is 0 Å². The Labute approximate surface area is 194 Å². The van der Waals surface area contributed by atoms with Gasteiger partial charge in [-0.2, -0.15) is 5.10 Å². The molecule has 0 atom stereocenters. The number of hydrazone groups is 1. The maximum atomic E-state index is 12.2. The molecule has 172 valence electrons. The van der Waals surface area contributed by atoms with Crippen LogP contribution < -0.4 is 10.2 Å². The van der Waals surface area contributed by atoms with Gasteiger partial charge in [0, 0.05) is 22.6 Å². The summed E-state index contributed by atoms with van der Waals surface area (Å²) in [6.07, 6.45) is 1.85. The molecule has 7 nitrogen and oxygen atoms in total. The molecule has 0 saturated heterocycles. The van der Waals surface area contributed by atoms with Gasteiger partial charge < -0.3 is 14.0 Å². The Morgan fingerprint density at radius 2 is 1.79 bits per heavy atom. The molecule has 1 N–H and O–H groups in total. The highest BCUT2D eigenvalue weighted by Gasteiger charge is 2.13. The molecule has 2 aromatic carbocycles. The number of ether oxygens (including phenoxy) is 2. The summed E-state index contributed by atoms with van der Waals surface area (Å²) in [5.74, 6) is 0.230. The smallest absolute Gasteiger partial charge is 0.338 e. The molecule has 3 rings (SSSR count). The molecule has 0 aliphatic rings. The van der Waals surface area contributed by atoms with Gasteiger partial charge in [0.05, 0.1) is 31.4 Å². The van der Waals surface area contributed by atoms with E-state index in [1.807, 2.05) is 67.8 Å². The SMILES string of the molecule is CCOC(=O)c1cccc(-n2c(C)cc(/C=N\NC(=O)Cc3ccc(OCC)cc3)c2C)c1. The van der Waals surface area contributed by atoms with Crippen molar-refractivity contribution in [3.63, 3.8) is 0 Å². The minimum Gasteiger partial charge on any atom is -0.494 e. The molecule has 33 heavy (non-hydrogen) atoms. The van der Waals surface area contributed by atoms with Crippen LogP contribution in [0, 0.1) is 13.8 Å². The third-order valence-electron chi connectivity index (χ3n) is 5.08. The predicted octanol–water partition coefficient (Wildman–Crippen LogP) is 4.36. The molecule has 0 unspecified atom stereocenters. The van der Waals surface area contributed by atoms with E-state index in [4.69, 9.17) is 9.47 Å². The van der Waals surface area contributed by atoms with E-state index in [1.165, 1.54) is 0 Å². The fraction of sp³-hybridized carbons (Fsp3) is 0.269. The van der Waals surface area contributed by atoms with Crippen molar-refractivity contribution in [2.75, 3.05) is 13.2 Å². The van der Waals surface area contributed by atoms with E-state index in [1.54, 1.807) is 25.3 Å². The molecule has 0 spiro atoms. The summed E-state index contributed by atoms with van der Waals surface area (Å²) in [5, 5.41) is 4.13. The molecular formula is C26H29N3O4. The number of nitrogens with zero attached hydrogens (tertiary/aromatic N) is 2. The normalized spacial score (nSPS) is 10.9. The van der Waals surface area contributed by atoms with Crippen LogP contribution in [0.5, 0.6) is 5.75 Å². The number of aromatic nitrogens is 1. The maximum absolute atomic E-state index is 12.2. The highest BCUT2D eigenvalue weighted by Crippen LogP contribution is 2.21. The first-order valence-corrected chi connectivity index (χ1v) is 10.9. The van der Waals surface area contributed by atoms with Crippen molar-refractivity contribution in [3.05, 3.63) is 82.7 Å². The molecule has 0 fully saturated rings. The quantitative estimate of drug-likeness (QED) is 0.300. The molecule has 0 bridgehead atoms. The van der Waals surface area contributed by atoms with Crippen LogP contribution in [0.15, 0.2) is 59.7 Å². The number of carbonyl (C=O) groups is 2. The first-order chi connectivity index (χ1) is 15.9. The van der Waals surface area contributed by atoms with Crippen molar-refractivity contribution in [2.45, 2.75) is 34.1 Å². The lowest BCUT2D eigenvalue weighted by Crippen LogP contribution is -2.19. The van der Waals surface area contributed by atoms with Crippen molar-refractivity contribution in [1.29, 1.82) is 0 Å². The number of benzene rings is 2. The molecule has 0 saturated carbocycles. The van der Waals surface area contributed by atoms with E-state index in [0.29, 0.717) is 18.8 Å². The zero-order valence-electron chi connectivity index (χ0n) is 19.4. The summed E-state index contributed by atoms with van der Waals surface area (Å²) in [6, 6.07) is 16.7. The van der Waals surface area contributed by atoms with Crippen LogP contribution in [0.25, 0.3) is 5.69 Å². The van der Waals surface area contributed by atoms with E-state index < -0.39 is 0 Å². The molecule has 1 heterocycles. The van der Waals surface area contributed by atoms with Crippen molar-refractivity contribution in [1.82, 2.24) is 9.99 Å². The van der Waals surface area contributed by atoms with Crippen molar-refractivity contribution >= 4 is 18.1 Å². The summed E-state index contributed by atoms with van der Waals surface area (Å²) in [7, 11) is 0. The number of carbonyl (C=O) groups excluding carboxylic acids is 2. The van der Waals surface area contributed by atoms with Gasteiger partial charge in [-0.3, -0.25) is 4.79 Å². The van der Waals surface area contributed by atoms with Crippen LogP contribution in [0.1, 0.15) is 46.7 Å². The Kier molecular flexibility index (Phi) is 8.02. The summed E-state index contributed by atoms with van der Waals surface area (Å²) in [4.78, 5) is 24.3. The highest BCUT2D eigenvalue weighted by atomic mass is 16.5. The first-order valence-electron chi connectivity index (χ1n) is 10.9. The third kappa shape index (κ3) is 6.10. The summed E-state index contributed by atoms with van der Waals surface area (Å²) < 4.78 is 12.6. The Morgan fingerprint density at radius 1 is 1.03 bits per heavy atom. The van der Waals surface area contributed by atoms with Gasteiger partial charge in [-0.05, 0) is 69.7 Å². The van der Waals surface area contributed by atoms with E-state index in [2.05, 4.69) is 10.5 Å². The second kappa shape index (κ2) is 11.1. The van der Waals surface area contributed by atoms with Crippen molar-refractivity contribution in [2.24, 2.45) is 5.10 Å². The molecule has 1 amide bonds. The molecule has 0 aliphatic heterocycles. The number of esters is 1. The number of amides is 1. The second-order valence-electron chi connectivity index (χ2n) is 7.48. The lowest BCUT2D eigenvalue weighted by atomic mass is 10.1. The fourth-order valence-electron chi connectivity index (χ4n) is 3.57. The zero-order valence-corrected chi connectivity index (χ0v) is 19.4. The van der Waals surface area contributed by atoms with Crippen molar-refractivity contribution < 1.29 is 19.1 Å². The molecule has 7 heteroatoms. The van der Waals surface area contributed by atoms with Gasteiger partial charge >= 0.3 is 5.97 Å². The highest BCUT2D eigenvalue weighted by molar-refractivity contribution is 5.90. The van der Waals surface area contributed by atoms with Crippen LogP contribution in [0.2, 0.25) is 0 Å². The Bertz CT molecular complexity index is 1150. The number of hydrogen-bond donors (Lipinski definition) is 1. The van der Waals surface area contributed by atoms with Gasteiger partial charge in [0.1, 0.15) is 5.75 Å². The average Bonchev–Trinajstić information content (AvgIpc) is 3.08. The van der Waals surface area contributed by atoms with E-state index in [-0.39, 0.29) is 18.3 Å². The predicted molar refractivity (Wildman–Crippen MR) is 128 cm³/mol. The number of rotatable bonds is 9. The molecule has 0 radical (unpaired) electrons. The molecular weight excluding hydrogens is 418 g/mol. The fourth-order valence-corrected chi connectivity index (χ4v) is 3.57. The van der Waals surface area contributed by atoms with Gasteiger partial charge in [0.15, 0.2) is 0 Å². The van der Waals surface area contributed by atoms with Crippen LogP contribution in [-0.4, -0.2) is 35.9 Å². The van der Waals surface area contributed by atoms with Crippen LogP contribution in [0.4, 0.5) is 0 Å². The Balaban J connectivity index is 1.68. The molecule has 1 aromatic heterocycles. The number of hydrogen-bond acceptors (Lipinski definition) is 5. The first kappa shape index (κ1) is 23.8. The van der Waals surface area contributed by atoms with E-state index >= 15 is 0 Å². The lowest BCUT2D eigenvalue weighted by molar-refractivity contribution is -0.120. The Morgan fingerprint density at radius 3 is 2.48 bits per heavy atom. The van der Waals surface area contributed by atoms with E-state index in [0.717, 1.165) is 34.0 Å². The van der Waals surface area contributed by atoms with Gasteiger partial charge in [0.25, 0.3) is 0 Å². The van der Waals surface area contributed by atoms with Crippen LogP contribution in [0.3, 0.4) is 0 Å². The number of nitrogens with one attached hydrogen (secondary N) is 1. The Hall–Kier alpha value is -3.87. The monoisotopic (exact) mass is 447 g/mol. The van der Waals surface area contributed by atoms with E-state index in [9.17, 15) is 9.59 Å². The summed E-state index contributed by atoms with van der Waals surface area (Å²) >= 11 is 0. The molecule has 0 aliphatic carbocycles. The lowest BCUT2D eigenvalue weighted by Gasteiger charge is -2.11. The van der Waals surface area contributed by atoms with Gasteiger partial charge in [-0.15, -0.1) is 0 Å². The summed E-state index contributed by atoms with van der Waals surface area (Å²) in [5.41, 5.74) is 7.61. The minimum atomic E-state index is -0.348. The zero-order chi connectivity index (χ0) is 23.8. The van der Waals surface area contributed by atoms with Crippen molar-refractivity contribution in [3.8, 4) is 11.4 Å². The number of aryl methyl sites for hydroxylation is 1. The standard InChI is InChI=1S/C26H29N3O4/c1-5-32-24-12-10-20(11-13-24)15-25(30)28-27-17-22-14-18(3)29(19(22)4)23-9-7-8-21(16-23)26(31)33-6-2/h7-14,16-17H,5-6,15H2,1-4H3,(H,28,30)/b27-17-. The molecule has 3 aromatic rings. The average molecular weight is 448 g/mol. The largest absolute Gasteiger partial charge is 0.494 e. The van der Waals surface area contributed by atoms with Gasteiger partial charge in [-0.1, -0.05) is 18.2 Å². The minimum absolute atomic E-state index is 0.202. The summed E-state index contributed by atoms with van der Waals surface area (Å²) in [6.45, 7) is 8.59. The third-order valence-corrected chi connectivity index (χ3v) is 5.08. The van der Waals surface area contributed by atoms with Crippen LogP contribution in [-0.2, 0) is 16.0 Å². The topological polar surface area (TPSA) is 81.9 Å². The van der Waals surface area contributed by atoms with Gasteiger partial charge in [0.2, 0.25) is 5.91 Å². The maximum Gasteiger partial charge on any atom is 0.338 e.